The highest BCUT2D eigenvalue weighted by atomic mass is 16.5. The van der Waals surface area contributed by atoms with Crippen LogP contribution < -0.4 is 0 Å². The summed E-state index contributed by atoms with van der Waals surface area (Å²) in [6, 6.07) is 9.04. The molecule has 0 radical (unpaired) electrons. The van der Waals surface area contributed by atoms with Gasteiger partial charge < -0.3 is 9.64 Å². The molecule has 0 N–H and O–H groups in total. The molecular weight excluding hydrogens is 286 g/mol. The van der Waals surface area contributed by atoms with Crippen LogP contribution in [0, 0.1) is 5.92 Å². The zero-order chi connectivity index (χ0) is 15.6. The molecule has 3 aliphatic rings. The third-order valence-electron chi connectivity index (χ3n) is 5.92. The smallest absolute Gasteiger partial charge is 0.252 e. The van der Waals surface area contributed by atoms with E-state index in [4.69, 9.17) is 4.74 Å². The lowest BCUT2D eigenvalue weighted by Gasteiger charge is -2.43. The normalized spacial score (nSPS) is 28.6. The largest absolute Gasteiger partial charge is 0.368 e. The van der Waals surface area contributed by atoms with Gasteiger partial charge >= 0.3 is 0 Å². The van der Waals surface area contributed by atoms with Crippen molar-refractivity contribution in [2.75, 3.05) is 13.2 Å². The Labute approximate surface area is 139 Å². The van der Waals surface area contributed by atoms with E-state index in [9.17, 15) is 4.79 Å². The lowest BCUT2D eigenvalue weighted by atomic mass is 9.77. The Morgan fingerprint density at radius 1 is 1.04 bits per heavy atom. The quantitative estimate of drug-likeness (QED) is 0.829. The van der Waals surface area contributed by atoms with E-state index >= 15 is 0 Å². The predicted octanol–water partition coefficient (Wildman–Crippen LogP) is 3.87. The van der Waals surface area contributed by atoms with Gasteiger partial charge in [-0.15, -0.1) is 0 Å². The maximum absolute atomic E-state index is 13.1. The Balaban J connectivity index is 1.65. The standard InChI is InChI=1S/C20H27NO2/c22-20(18-11-6-14-23-18)21-13-12-15-7-4-5-10-17(15)19(21)16-8-2-1-3-9-16/h4-5,7,10,16,18-19H,1-3,6,8-9,11-14H2. The van der Waals surface area contributed by atoms with E-state index in [-0.39, 0.29) is 18.1 Å². The van der Waals surface area contributed by atoms with E-state index in [0.29, 0.717) is 5.92 Å². The maximum atomic E-state index is 13.1. The third-order valence-corrected chi connectivity index (χ3v) is 5.92. The number of nitrogens with zero attached hydrogens (tertiary/aromatic N) is 1. The Morgan fingerprint density at radius 3 is 2.65 bits per heavy atom. The zero-order valence-corrected chi connectivity index (χ0v) is 13.9. The lowest BCUT2D eigenvalue weighted by molar-refractivity contribution is -0.145. The van der Waals surface area contributed by atoms with E-state index < -0.39 is 0 Å². The van der Waals surface area contributed by atoms with Gasteiger partial charge in [0.2, 0.25) is 0 Å². The summed E-state index contributed by atoms with van der Waals surface area (Å²) < 4.78 is 5.70. The van der Waals surface area contributed by atoms with Gasteiger partial charge in [-0.1, -0.05) is 43.5 Å². The molecule has 0 bridgehead atoms. The van der Waals surface area contributed by atoms with Crippen LogP contribution in [0.25, 0.3) is 0 Å². The van der Waals surface area contributed by atoms with Gasteiger partial charge in [-0.25, -0.2) is 0 Å². The first-order valence-electron chi connectivity index (χ1n) is 9.34. The Kier molecular flexibility index (Phi) is 4.39. The number of carbonyl (C=O) groups is 1. The molecule has 23 heavy (non-hydrogen) atoms. The Hall–Kier alpha value is -1.35. The molecule has 2 aliphatic heterocycles. The van der Waals surface area contributed by atoms with E-state index in [2.05, 4.69) is 29.2 Å². The van der Waals surface area contributed by atoms with Gasteiger partial charge in [0.05, 0.1) is 6.04 Å². The molecule has 2 heterocycles. The van der Waals surface area contributed by atoms with Crippen LogP contribution in [0.2, 0.25) is 0 Å². The van der Waals surface area contributed by atoms with Gasteiger partial charge in [0.15, 0.2) is 0 Å². The number of carbonyl (C=O) groups excluding carboxylic acids is 1. The van der Waals surface area contributed by atoms with Gasteiger partial charge in [-0.05, 0) is 49.1 Å². The van der Waals surface area contributed by atoms with Crippen molar-refractivity contribution in [2.24, 2.45) is 5.92 Å². The molecule has 1 aromatic carbocycles. The number of hydrogen-bond acceptors (Lipinski definition) is 2. The van der Waals surface area contributed by atoms with Crippen LogP contribution >= 0.6 is 0 Å². The highest BCUT2D eigenvalue weighted by Gasteiger charge is 2.39. The first-order chi connectivity index (χ1) is 11.3. The average Bonchev–Trinajstić information content (AvgIpc) is 3.15. The molecule has 3 heteroatoms. The van der Waals surface area contributed by atoms with Gasteiger partial charge in [0, 0.05) is 13.2 Å². The van der Waals surface area contributed by atoms with Crippen molar-refractivity contribution >= 4 is 5.91 Å². The molecule has 1 saturated carbocycles. The number of hydrogen-bond donors (Lipinski definition) is 0. The summed E-state index contributed by atoms with van der Waals surface area (Å²) in [6.07, 6.45) is 9.21. The molecule has 1 amide bonds. The summed E-state index contributed by atoms with van der Waals surface area (Å²) >= 11 is 0. The minimum atomic E-state index is -0.189. The van der Waals surface area contributed by atoms with Crippen LogP contribution in [-0.4, -0.2) is 30.1 Å². The first-order valence-corrected chi connectivity index (χ1v) is 9.34. The molecule has 1 aliphatic carbocycles. The molecular formula is C20H27NO2. The molecule has 3 nitrogen and oxygen atoms in total. The summed E-state index contributed by atoms with van der Waals surface area (Å²) in [4.78, 5) is 15.2. The number of rotatable bonds is 2. The molecule has 1 saturated heterocycles. The van der Waals surface area contributed by atoms with Crippen LogP contribution in [-0.2, 0) is 16.0 Å². The fourth-order valence-corrected chi connectivity index (χ4v) is 4.76. The van der Waals surface area contributed by atoms with Crippen molar-refractivity contribution in [1.82, 2.24) is 4.90 Å². The zero-order valence-electron chi connectivity index (χ0n) is 13.9. The van der Waals surface area contributed by atoms with Crippen molar-refractivity contribution in [3.8, 4) is 0 Å². The van der Waals surface area contributed by atoms with Crippen molar-refractivity contribution in [3.63, 3.8) is 0 Å². The van der Waals surface area contributed by atoms with Gasteiger partial charge in [0.1, 0.15) is 6.10 Å². The number of benzene rings is 1. The van der Waals surface area contributed by atoms with Crippen LogP contribution in [0.3, 0.4) is 0 Å². The van der Waals surface area contributed by atoms with Crippen LogP contribution in [0.4, 0.5) is 0 Å². The van der Waals surface area contributed by atoms with Gasteiger partial charge in [-0.3, -0.25) is 4.79 Å². The predicted molar refractivity (Wildman–Crippen MR) is 90.1 cm³/mol. The highest BCUT2D eigenvalue weighted by molar-refractivity contribution is 5.82. The SMILES string of the molecule is O=C(C1CCCO1)N1CCc2ccccc2C1C1CCCCC1. The summed E-state index contributed by atoms with van der Waals surface area (Å²) in [5.74, 6) is 0.864. The molecule has 0 aromatic heterocycles. The molecule has 2 atom stereocenters. The molecule has 124 valence electrons. The molecule has 2 unspecified atom stereocenters. The summed E-state index contributed by atoms with van der Waals surface area (Å²) in [5, 5.41) is 0. The second kappa shape index (κ2) is 6.64. The summed E-state index contributed by atoms with van der Waals surface area (Å²) in [5.41, 5.74) is 2.84. The lowest BCUT2D eigenvalue weighted by Crippen LogP contribution is -2.47. The molecule has 2 fully saturated rings. The summed E-state index contributed by atoms with van der Waals surface area (Å²) in [6.45, 7) is 1.60. The molecule has 4 rings (SSSR count). The first kappa shape index (κ1) is 15.2. The van der Waals surface area contributed by atoms with E-state index in [1.54, 1.807) is 0 Å². The minimum Gasteiger partial charge on any atom is -0.368 e. The Bertz CT molecular complexity index is 559. The van der Waals surface area contributed by atoms with Crippen molar-refractivity contribution in [2.45, 2.75) is 63.5 Å². The van der Waals surface area contributed by atoms with Crippen LogP contribution in [0.15, 0.2) is 24.3 Å². The number of ether oxygens (including phenoxy) is 1. The second-order valence-corrected chi connectivity index (χ2v) is 7.33. The van der Waals surface area contributed by atoms with Crippen LogP contribution in [0.1, 0.15) is 62.1 Å². The fourth-order valence-electron chi connectivity index (χ4n) is 4.76. The molecule has 1 aromatic rings. The second-order valence-electron chi connectivity index (χ2n) is 7.33. The minimum absolute atomic E-state index is 0.189. The fraction of sp³-hybridized carbons (Fsp3) is 0.650. The van der Waals surface area contributed by atoms with Gasteiger partial charge in [0.25, 0.3) is 5.91 Å². The van der Waals surface area contributed by atoms with Crippen molar-refractivity contribution < 1.29 is 9.53 Å². The van der Waals surface area contributed by atoms with E-state index in [0.717, 1.165) is 32.4 Å². The number of fused-ring (bicyclic) bond motifs is 1. The van der Waals surface area contributed by atoms with Gasteiger partial charge in [-0.2, -0.15) is 0 Å². The summed E-state index contributed by atoms with van der Waals surface area (Å²) in [7, 11) is 0. The monoisotopic (exact) mass is 313 g/mol. The third kappa shape index (κ3) is 2.91. The van der Waals surface area contributed by atoms with Crippen LogP contribution in [0.5, 0.6) is 0 Å². The topological polar surface area (TPSA) is 29.5 Å². The number of amides is 1. The molecule has 0 spiro atoms. The van der Waals surface area contributed by atoms with Crippen molar-refractivity contribution in [1.29, 1.82) is 0 Å². The highest BCUT2D eigenvalue weighted by Crippen LogP contribution is 2.42. The Morgan fingerprint density at radius 2 is 1.87 bits per heavy atom. The van der Waals surface area contributed by atoms with E-state index in [1.165, 1.54) is 43.2 Å². The van der Waals surface area contributed by atoms with Crippen molar-refractivity contribution in [3.05, 3.63) is 35.4 Å². The maximum Gasteiger partial charge on any atom is 0.252 e. The van der Waals surface area contributed by atoms with E-state index in [1.807, 2.05) is 0 Å². The average molecular weight is 313 g/mol.